The zero-order chi connectivity index (χ0) is 41.9. The van der Waals surface area contributed by atoms with Crippen molar-refractivity contribution in [2.24, 2.45) is 0 Å². The molecule has 0 aliphatic heterocycles. The third-order valence-corrected chi connectivity index (χ3v) is 14.0. The van der Waals surface area contributed by atoms with Gasteiger partial charge in [-0.25, -0.2) is 9.97 Å². The summed E-state index contributed by atoms with van der Waals surface area (Å²) in [6.07, 6.45) is 4.87. The van der Waals surface area contributed by atoms with Crippen molar-refractivity contribution in [2.45, 2.75) is 25.7 Å². The lowest BCUT2D eigenvalue weighted by atomic mass is 9.88. The average Bonchev–Trinajstić information content (AvgIpc) is 3.87. The molecule has 10 aromatic carbocycles. The average molecular weight is 817 g/mol. The Kier molecular flexibility index (Phi) is 7.61. The van der Waals surface area contributed by atoms with Gasteiger partial charge < -0.3 is 9.13 Å². The highest BCUT2D eigenvalue weighted by Crippen LogP contribution is 2.41. The summed E-state index contributed by atoms with van der Waals surface area (Å²) in [6.45, 7) is 0. The molecule has 64 heavy (non-hydrogen) atoms. The lowest BCUT2D eigenvalue weighted by Crippen LogP contribution is -2.03. The summed E-state index contributed by atoms with van der Waals surface area (Å²) in [4.78, 5) is 10.6. The molecule has 4 heteroatoms. The molecule has 13 aromatic rings. The van der Waals surface area contributed by atoms with Gasteiger partial charge in [-0.2, -0.15) is 0 Å². The van der Waals surface area contributed by atoms with Crippen LogP contribution in [0, 0.1) is 0 Å². The molecule has 1 aliphatic rings. The first-order valence-corrected chi connectivity index (χ1v) is 22.5. The zero-order valence-corrected chi connectivity index (χ0v) is 35.1. The standard InChI is InChI=1S/C60H40N4/c1-3-13-46-37(11-1)21-22-39-23-24-42(35-50(39)46)60-59(61-52-17-7-8-18-53(52)62-60)40-25-29-44(30-26-40)63-54-19-9-5-15-48(54)51-34-41-27-31-45(33-43(41)36-57(51)63)64-55-20-10-6-16-49(55)58-47-14-4-2-12-38(47)28-32-56(58)64/h1,3,5-11,13,15-36H,2,4,12,14H2. The highest BCUT2D eigenvalue weighted by atomic mass is 15.0. The fraction of sp³-hybridized carbons (Fsp3) is 0.0667. The highest BCUT2D eigenvalue weighted by molar-refractivity contribution is 6.15. The zero-order valence-electron chi connectivity index (χ0n) is 35.1. The van der Waals surface area contributed by atoms with Crippen molar-refractivity contribution in [3.63, 3.8) is 0 Å². The molecule has 0 fully saturated rings. The molecule has 3 heterocycles. The van der Waals surface area contributed by atoms with Gasteiger partial charge in [0.1, 0.15) is 0 Å². The number of hydrogen-bond acceptors (Lipinski definition) is 2. The molecule has 4 nitrogen and oxygen atoms in total. The number of aromatic nitrogens is 4. The van der Waals surface area contributed by atoms with E-state index in [2.05, 4.69) is 191 Å². The van der Waals surface area contributed by atoms with Crippen molar-refractivity contribution >= 4 is 87.0 Å². The van der Waals surface area contributed by atoms with Gasteiger partial charge in [-0.1, -0.05) is 121 Å². The third kappa shape index (κ3) is 5.29. The monoisotopic (exact) mass is 816 g/mol. The molecule has 0 N–H and O–H groups in total. The molecule has 14 rings (SSSR count). The molecule has 0 bridgehead atoms. The summed E-state index contributed by atoms with van der Waals surface area (Å²) >= 11 is 0. The van der Waals surface area contributed by atoms with Crippen LogP contribution in [-0.4, -0.2) is 19.1 Å². The van der Waals surface area contributed by atoms with Crippen molar-refractivity contribution in [2.75, 3.05) is 0 Å². The van der Waals surface area contributed by atoms with E-state index < -0.39 is 0 Å². The van der Waals surface area contributed by atoms with Gasteiger partial charge in [0.2, 0.25) is 0 Å². The predicted molar refractivity (Wildman–Crippen MR) is 268 cm³/mol. The first kappa shape index (κ1) is 35.5. The van der Waals surface area contributed by atoms with E-state index in [0.717, 1.165) is 45.7 Å². The van der Waals surface area contributed by atoms with Gasteiger partial charge in [-0.05, 0) is 142 Å². The minimum absolute atomic E-state index is 0.871. The van der Waals surface area contributed by atoms with Gasteiger partial charge in [0, 0.05) is 44.0 Å². The number of hydrogen-bond donors (Lipinski definition) is 0. The Morgan fingerprint density at radius 1 is 0.344 bits per heavy atom. The van der Waals surface area contributed by atoms with Crippen molar-refractivity contribution in [1.82, 2.24) is 19.1 Å². The van der Waals surface area contributed by atoms with E-state index in [-0.39, 0.29) is 0 Å². The van der Waals surface area contributed by atoms with Gasteiger partial charge in [-0.15, -0.1) is 0 Å². The summed E-state index contributed by atoms with van der Waals surface area (Å²) in [7, 11) is 0. The van der Waals surface area contributed by atoms with Crippen LogP contribution in [-0.2, 0) is 12.8 Å². The normalized spacial score (nSPS) is 13.1. The Morgan fingerprint density at radius 2 is 0.953 bits per heavy atom. The Bertz CT molecular complexity index is 4080. The maximum Gasteiger partial charge on any atom is 0.0973 e. The van der Waals surface area contributed by atoms with Gasteiger partial charge >= 0.3 is 0 Å². The van der Waals surface area contributed by atoms with Crippen LogP contribution in [0.1, 0.15) is 24.0 Å². The minimum atomic E-state index is 0.871. The van der Waals surface area contributed by atoms with Crippen molar-refractivity contribution in [3.8, 4) is 33.9 Å². The number of nitrogens with zero attached hydrogens (tertiary/aromatic N) is 4. The number of para-hydroxylation sites is 4. The number of fused-ring (bicyclic) bond motifs is 13. The Balaban J connectivity index is 0.925. The van der Waals surface area contributed by atoms with Crippen LogP contribution in [0.2, 0.25) is 0 Å². The smallest absolute Gasteiger partial charge is 0.0973 e. The molecule has 0 saturated heterocycles. The number of benzene rings is 10. The van der Waals surface area contributed by atoms with Crippen LogP contribution in [0.4, 0.5) is 0 Å². The molecule has 0 radical (unpaired) electrons. The van der Waals surface area contributed by atoms with Crippen molar-refractivity contribution in [1.29, 1.82) is 0 Å². The van der Waals surface area contributed by atoms with E-state index in [0.29, 0.717) is 0 Å². The second-order valence-electron chi connectivity index (χ2n) is 17.6. The molecule has 0 atom stereocenters. The van der Waals surface area contributed by atoms with Crippen molar-refractivity contribution < 1.29 is 0 Å². The molecular formula is C60H40N4. The van der Waals surface area contributed by atoms with Crippen LogP contribution in [0.5, 0.6) is 0 Å². The van der Waals surface area contributed by atoms with Crippen molar-refractivity contribution in [3.05, 3.63) is 205 Å². The molecular weight excluding hydrogens is 777 g/mol. The van der Waals surface area contributed by atoms with Gasteiger partial charge in [0.15, 0.2) is 0 Å². The van der Waals surface area contributed by atoms with E-state index in [9.17, 15) is 0 Å². The number of rotatable bonds is 4. The fourth-order valence-corrected chi connectivity index (χ4v) is 11.0. The predicted octanol–water partition coefficient (Wildman–Crippen LogP) is 15.5. The van der Waals surface area contributed by atoms with Crippen LogP contribution in [0.25, 0.3) is 121 Å². The highest BCUT2D eigenvalue weighted by Gasteiger charge is 2.21. The Hall–Kier alpha value is -8.08. The summed E-state index contributed by atoms with van der Waals surface area (Å²) in [5.74, 6) is 0. The van der Waals surface area contributed by atoms with Crippen LogP contribution < -0.4 is 0 Å². The summed E-state index contributed by atoms with van der Waals surface area (Å²) < 4.78 is 4.91. The first-order valence-electron chi connectivity index (χ1n) is 22.5. The summed E-state index contributed by atoms with van der Waals surface area (Å²) in [5, 5.41) is 12.6. The second kappa shape index (κ2) is 13.7. The first-order chi connectivity index (χ1) is 31.7. The molecule has 0 amide bonds. The molecule has 3 aromatic heterocycles. The van der Waals surface area contributed by atoms with Crippen LogP contribution in [0.3, 0.4) is 0 Å². The van der Waals surface area contributed by atoms with Gasteiger partial charge in [0.05, 0.1) is 44.5 Å². The number of aryl methyl sites for hydroxylation is 2. The molecule has 0 spiro atoms. The van der Waals surface area contributed by atoms with E-state index >= 15 is 0 Å². The summed E-state index contributed by atoms with van der Waals surface area (Å²) in [6, 6.07) is 71.1. The van der Waals surface area contributed by atoms with Crippen LogP contribution in [0.15, 0.2) is 194 Å². The van der Waals surface area contributed by atoms with E-state index in [4.69, 9.17) is 9.97 Å². The minimum Gasteiger partial charge on any atom is -0.309 e. The van der Waals surface area contributed by atoms with Crippen LogP contribution >= 0.6 is 0 Å². The topological polar surface area (TPSA) is 35.6 Å². The van der Waals surface area contributed by atoms with E-state index in [1.165, 1.54) is 106 Å². The van der Waals surface area contributed by atoms with E-state index in [1.54, 1.807) is 5.56 Å². The lowest BCUT2D eigenvalue weighted by molar-refractivity contribution is 0.690. The third-order valence-electron chi connectivity index (χ3n) is 14.0. The maximum absolute atomic E-state index is 5.31. The molecule has 1 aliphatic carbocycles. The Morgan fingerprint density at radius 3 is 1.78 bits per heavy atom. The molecule has 0 unspecified atom stereocenters. The largest absolute Gasteiger partial charge is 0.309 e. The fourth-order valence-electron chi connectivity index (χ4n) is 11.0. The SMILES string of the molecule is c1ccc2c(c1)ccc1ccc(-c3nc4ccccc4nc3-c3ccc(-n4c5ccccc5c5cc6ccc(-n7c8ccccc8c8c9c(ccc87)CCCC9)cc6cc54)cc3)cc12. The quantitative estimate of drug-likeness (QED) is 0.166. The molecule has 0 saturated carbocycles. The maximum atomic E-state index is 5.31. The second-order valence-corrected chi connectivity index (χ2v) is 17.6. The summed E-state index contributed by atoms with van der Waals surface area (Å²) in [5.41, 5.74) is 15.9. The van der Waals surface area contributed by atoms with Gasteiger partial charge in [-0.3, -0.25) is 0 Å². The molecule has 300 valence electrons. The lowest BCUT2D eigenvalue weighted by Gasteiger charge is -2.17. The van der Waals surface area contributed by atoms with E-state index in [1.807, 2.05) is 12.1 Å². The Labute approximate surface area is 369 Å². The van der Waals surface area contributed by atoms with Gasteiger partial charge in [0.25, 0.3) is 0 Å².